The highest BCUT2D eigenvalue weighted by Gasteiger charge is 2.17. The Kier molecular flexibility index (Phi) is 3.83. The molecule has 0 radical (unpaired) electrons. The summed E-state index contributed by atoms with van der Waals surface area (Å²) in [4.78, 5) is 19.7. The molecule has 0 aliphatic rings. The van der Waals surface area contributed by atoms with E-state index in [1.165, 1.54) is 4.88 Å². The largest absolute Gasteiger partial charge is 0.287 e. The number of hydrogen-bond acceptors (Lipinski definition) is 3. The fraction of sp³-hybridized carbons (Fsp3) is 0.250. The van der Waals surface area contributed by atoms with Crippen LogP contribution in [0.15, 0.2) is 41.2 Å². The number of fused-ring (bicyclic) bond motifs is 1. The van der Waals surface area contributed by atoms with Crippen LogP contribution in [0.25, 0.3) is 10.9 Å². The van der Waals surface area contributed by atoms with E-state index in [1.807, 2.05) is 31.2 Å². The van der Waals surface area contributed by atoms with Gasteiger partial charge in [-0.2, -0.15) is 0 Å². The highest BCUT2D eigenvalue weighted by atomic mass is 35.5. The van der Waals surface area contributed by atoms with Gasteiger partial charge in [-0.1, -0.05) is 12.1 Å². The summed E-state index contributed by atoms with van der Waals surface area (Å²) in [7, 11) is 0. The third kappa shape index (κ3) is 2.49. The maximum atomic E-state index is 12.8. The smallest absolute Gasteiger partial charge is 0.262 e. The summed E-state index contributed by atoms with van der Waals surface area (Å²) >= 11 is 7.72. The zero-order chi connectivity index (χ0) is 15.0. The number of hydrogen-bond donors (Lipinski definition) is 0. The molecule has 3 nitrogen and oxygen atoms in total. The van der Waals surface area contributed by atoms with Gasteiger partial charge in [-0.15, -0.1) is 22.9 Å². The van der Waals surface area contributed by atoms with E-state index in [2.05, 4.69) is 24.0 Å². The molecule has 0 fully saturated rings. The average molecular weight is 319 g/mol. The molecule has 2 heterocycles. The van der Waals surface area contributed by atoms with Gasteiger partial charge in [0.25, 0.3) is 5.56 Å². The second kappa shape index (κ2) is 5.62. The normalized spacial score (nSPS) is 12.7. The van der Waals surface area contributed by atoms with Crippen LogP contribution in [-0.4, -0.2) is 9.55 Å². The van der Waals surface area contributed by atoms with Gasteiger partial charge in [0.1, 0.15) is 5.82 Å². The average Bonchev–Trinajstić information content (AvgIpc) is 2.93. The molecule has 0 saturated carbocycles. The zero-order valence-corrected chi connectivity index (χ0v) is 13.4. The van der Waals surface area contributed by atoms with Gasteiger partial charge < -0.3 is 0 Å². The monoisotopic (exact) mass is 318 g/mol. The number of halogens is 1. The topological polar surface area (TPSA) is 34.9 Å². The Morgan fingerprint density at radius 1 is 1.29 bits per heavy atom. The number of nitrogens with zero attached hydrogens (tertiary/aromatic N) is 2. The van der Waals surface area contributed by atoms with E-state index in [9.17, 15) is 4.79 Å². The van der Waals surface area contributed by atoms with Crippen LogP contribution in [0, 0.1) is 6.92 Å². The van der Waals surface area contributed by atoms with Crippen LogP contribution in [0.2, 0.25) is 0 Å². The van der Waals surface area contributed by atoms with E-state index in [0.717, 1.165) is 4.88 Å². The summed E-state index contributed by atoms with van der Waals surface area (Å²) < 4.78 is 1.71. The predicted molar refractivity (Wildman–Crippen MR) is 88.4 cm³/mol. The summed E-state index contributed by atoms with van der Waals surface area (Å²) in [6.45, 7) is 4.07. The van der Waals surface area contributed by atoms with Crippen molar-refractivity contribution in [1.29, 1.82) is 0 Å². The summed E-state index contributed by atoms with van der Waals surface area (Å²) in [5.74, 6) is 0.827. The second-order valence-electron chi connectivity index (χ2n) is 4.98. The predicted octanol–water partition coefficient (Wildman–Crippen LogP) is 4.11. The number of aromatic nitrogens is 2. The van der Waals surface area contributed by atoms with Gasteiger partial charge >= 0.3 is 0 Å². The first-order valence-corrected chi connectivity index (χ1v) is 8.09. The Balaban J connectivity index is 2.25. The van der Waals surface area contributed by atoms with Crippen LogP contribution in [0.5, 0.6) is 0 Å². The van der Waals surface area contributed by atoms with Crippen molar-refractivity contribution in [2.24, 2.45) is 0 Å². The second-order valence-corrected chi connectivity index (χ2v) is 6.57. The Morgan fingerprint density at radius 3 is 2.71 bits per heavy atom. The molecule has 0 aliphatic carbocycles. The number of thiophene rings is 1. The molecule has 0 aliphatic heterocycles. The van der Waals surface area contributed by atoms with Gasteiger partial charge in [0.2, 0.25) is 0 Å². The van der Waals surface area contributed by atoms with Crippen LogP contribution in [0.3, 0.4) is 0 Å². The first-order valence-electron chi connectivity index (χ1n) is 6.74. The fourth-order valence-corrected chi connectivity index (χ4v) is 3.60. The van der Waals surface area contributed by atoms with E-state index in [-0.39, 0.29) is 17.5 Å². The van der Waals surface area contributed by atoms with Crippen LogP contribution in [-0.2, 0) is 5.88 Å². The van der Waals surface area contributed by atoms with Gasteiger partial charge in [0, 0.05) is 9.75 Å². The molecule has 0 N–H and O–H groups in total. The summed E-state index contributed by atoms with van der Waals surface area (Å²) in [5, 5.41) is 0.631. The molecule has 0 bridgehead atoms. The minimum atomic E-state index is -0.0675. The Hall–Kier alpha value is -1.65. The first kappa shape index (κ1) is 14.3. The van der Waals surface area contributed by atoms with Gasteiger partial charge in [0.15, 0.2) is 0 Å². The lowest BCUT2D eigenvalue weighted by Crippen LogP contribution is -2.27. The molecule has 108 valence electrons. The van der Waals surface area contributed by atoms with Crippen molar-refractivity contribution in [2.75, 3.05) is 0 Å². The SMILES string of the molecule is Cc1ccc(C(C)n2c(CCl)nc3ccccc3c2=O)s1. The molecular weight excluding hydrogens is 304 g/mol. The maximum absolute atomic E-state index is 12.8. The fourth-order valence-electron chi connectivity index (χ4n) is 2.49. The molecule has 3 rings (SSSR count). The molecule has 0 saturated heterocycles. The quantitative estimate of drug-likeness (QED) is 0.681. The van der Waals surface area contributed by atoms with Crippen molar-refractivity contribution in [3.8, 4) is 0 Å². The lowest BCUT2D eigenvalue weighted by atomic mass is 10.2. The number of rotatable bonds is 3. The van der Waals surface area contributed by atoms with Gasteiger partial charge in [-0.3, -0.25) is 9.36 Å². The summed E-state index contributed by atoms with van der Waals surface area (Å²) in [6.07, 6.45) is 0. The number of alkyl halides is 1. The number of para-hydroxylation sites is 1. The van der Waals surface area contributed by atoms with Crippen molar-refractivity contribution >= 4 is 33.8 Å². The molecule has 1 unspecified atom stereocenters. The minimum absolute atomic E-state index is 0.0326. The van der Waals surface area contributed by atoms with E-state index < -0.39 is 0 Å². The van der Waals surface area contributed by atoms with Crippen molar-refractivity contribution in [3.05, 3.63) is 62.3 Å². The third-order valence-corrected chi connectivity index (χ3v) is 4.97. The van der Waals surface area contributed by atoms with Gasteiger partial charge in [-0.25, -0.2) is 4.98 Å². The maximum Gasteiger partial charge on any atom is 0.262 e. The van der Waals surface area contributed by atoms with Gasteiger partial charge in [-0.05, 0) is 38.1 Å². The van der Waals surface area contributed by atoms with E-state index in [0.29, 0.717) is 16.7 Å². The molecule has 3 aromatic rings. The van der Waals surface area contributed by atoms with E-state index >= 15 is 0 Å². The van der Waals surface area contributed by atoms with Crippen LogP contribution < -0.4 is 5.56 Å². The number of benzene rings is 1. The van der Waals surface area contributed by atoms with Crippen LogP contribution >= 0.6 is 22.9 Å². The summed E-state index contributed by atoms with van der Waals surface area (Å²) in [6, 6.07) is 11.4. The van der Waals surface area contributed by atoms with E-state index in [4.69, 9.17) is 11.6 Å². The third-order valence-electron chi connectivity index (χ3n) is 3.56. The van der Waals surface area contributed by atoms with Gasteiger partial charge in [0.05, 0.1) is 22.8 Å². The molecule has 21 heavy (non-hydrogen) atoms. The number of aryl methyl sites for hydroxylation is 1. The highest BCUT2D eigenvalue weighted by molar-refractivity contribution is 7.12. The Bertz CT molecular complexity index is 853. The summed E-state index contributed by atoms with van der Waals surface area (Å²) in [5.41, 5.74) is 0.666. The molecular formula is C16H15ClN2OS. The van der Waals surface area contributed by atoms with Crippen LogP contribution in [0.4, 0.5) is 0 Å². The van der Waals surface area contributed by atoms with Crippen molar-refractivity contribution in [1.82, 2.24) is 9.55 Å². The highest BCUT2D eigenvalue weighted by Crippen LogP contribution is 2.26. The Morgan fingerprint density at radius 2 is 2.05 bits per heavy atom. The van der Waals surface area contributed by atoms with E-state index in [1.54, 1.807) is 15.9 Å². The van der Waals surface area contributed by atoms with Crippen molar-refractivity contribution < 1.29 is 0 Å². The molecule has 2 aromatic heterocycles. The standard InChI is InChI=1S/C16H15ClN2OS/c1-10-7-8-14(21-10)11(2)19-15(9-17)18-13-6-4-3-5-12(13)16(19)20/h3-8,11H,9H2,1-2H3. The van der Waals surface area contributed by atoms with Crippen molar-refractivity contribution in [3.63, 3.8) is 0 Å². The molecule has 1 atom stereocenters. The lowest BCUT2D eigenvalue weighted by Gasteiger charge is -2.18. The molecule has 0 spiro atoms. The minimum Gasteiger partial charge on any atom is -0.287 e. The Labute approximate surface area is 131 Å². The van der Waals surface area contributed by atoms with Crippen LogP contribution in [0.1, 0.15) is 28.5 Å². The lowest BCUT2D eigenvalue weighted by molar-refractivity contribution is 0.593. The molecule has 0 amide bonds. The first-order chi connectivity index (χ1) is 10.1. The zero-order valence-electron chi connectivity index (χ0n) is 11.8. The molecule has 5 heteroatoms. The molecule has 1 aromatic carbocycles. The van der Waals surface area contributed by atoms with Crippen molar-refractivity contribution in [2.45, 2.75) is 25.8 Å².